The van der Waals surface area contributed by atoms with E-state index in [9.17, 15) is 9.59 Å². The number of hydrogen-bond donors (Lipinski definition) is 0. The lowest BCUT2D eigenvalue weighted by atomic mass is 10.1. The van der Waals surface area contributed by atoms with Crippen molar-refractivity contribution in [1.29, 1.82) is 0 Å². The molecule has 3 aromatic rings. The minimum absolute atomic E-state index is 0.00858. The summed E-state index contributed by atoms with van der Waals surface area (Å²) in [4.78, 5) is 32.0. The van der Waals surface area contributed by atoms with Crippen LogP contribution in [0.3, 0.4) is 0 Å². The summed E-state index contributed by atoms with van der Waals surface area (Å²) in [5, 5.41) is 1.35. The fraction of sp³-hybridized carbons (Fsp3) is 0.316. The summed E-state index contributed by atoms with van der Waals surface area (Å²) in [6, 6.07) is 7.09. The number of ether oxygens (including phenoxy) is 1. The Kier molecular flexibility index (Phi) is 4.58. The number of methoxy groups -OCH3 is 1. The summed E-state index contributed by atoms with van der Waals surface area (Å²) in [5.74, 6) is 0.863. The van der Waals surface area contributed by atoms with Gasteiger partial charge in [-0.05, 0) is 37.0 Å². The molecule has 134 valence electrons. The maximum atomic E-state index is 12.8. The smallest absolute Gasteiger partial charge is 0.262 e. The van der Waals surface area contributed by atoms with Crippen LogP contribution in [0.25, 0.3) is 10.2 Å². The Morgan fingerprint density at radius 2 is 2.23 bits per heavy atom. The van der Waals surface area contributed by atoms with Crippen LogP contribution < -0.4 is 10.3 Å². The zero-order valence-corrected chi connectivity index (χ0v) is 16.2. The van der Waals surface area contributed by atoms with Gasteiger partial charge in [0.1, 0.15) is 10.6 Å². The van der Waals surface area contributed by atoms with Crippen molar-refractivity contribution in [3.63, 3.8) is 0 Å². The van der Waals surface area contributed by atoms with Gasteiger partial charge >= 0.3 is 0 Å². The zero-order chi connectivity index (χ0) is 18.3. The van der Waals surface area contributed by atoms with E-state index in [0.29, 0.717) is 16.5 Å². The van der Waals surface area contributed by atoms with E-state index in [2.05, 4.69) is 4.98 Å². The van der Waals surface area contributed by atoms with Crippen LogP contribution in [0.5, 0.6) is 5.75 Å². The molecule has 0 radical (unpaired) electrons. The summed E-state index contributed by atoms with van der Waals surface area (Å²) in [5.41, 5.74) is 1.77. The highest BCUT2D eigenvalue weighted by Gasteiger charge is 2.22. The van der Waals surface area contributed by atoms with Crippen molar-refractivity contribution in [2.75, 3.05) is 12.9 Å². The van der Waals surface area contributed by atoms with Crippen LogP contribution in [0, 0.1) is 0 Å². The third-order valence-electron chi connectivity index (χ3n) is 4.63. The van der Waals surface area contributed by atoms with Crippen LogP contribution in [0.1, 0.15) is 27.2 Å². The van der Waals surface area contributed by atoms with Gasteiger partial charge in [0.15, 0.2) is 10.9 Å². The average Bonchev–Trinajstić information content (AvgIpc) is 3.24. The van der Waals surface area contributed by atoms with Crippen molar-refractivity contribution in [1.82, 2.24) is 9.55 Å². The second-order valence-electron chi connectivity index (χ2n) is 6.24. The van der Waals surface area contributed by atoms with Crippen molar-refractivity contribution in [3.8, 4) is 5.75 Å². The molecule has 4 rings (SSSR count). The first kappa shape index (κ1) is 17.3. The quantitative estimate of drug-likeness (QED) is 0.382. The van der Waals surface area contributed by atoms with Crippen LogP contribution in [0.15, 0.2) is 34.2 Å². The van der Waals surface area contributed by atoms with E-state index in [-0.39, 0.29) is 17.1 Å². The molecule has 26 heavy (non-hydrogen) atoms. The van der Waals surface area contributed by atoms with Crippen molar-refractivity contribution < 1.29 is 9.53 Å². The van der Waals surface area contributed by atoms with Crippen molar-refractivity contribution >= 4 is 39.1 Å². The molecule has 0 amide bonds. The summed E-state index contributed by atoms with van der Waals surface area (Å²) < 4.78 is 6.73. The zero-order valence-electron chi connectivity index (χ0n) is 14.6. The van der Waals surface area contributed by atoms with E-state index in [1.807, 2.05) is 0 Å². The Morgan fingerprint density at radius 3 is 3.04 bits per heavy atom. The molecular weight excluding hydrogens is 368 g/mol. The lowest BCUT2D eigenvalue weighted by molar-refractivity contribution is 0.102. The number of carbonyl (C=O) groups excluding carboxylic acids is 1. The third-order valence-corrected chi connectivity index (χ3v) is 6.84. The standard InChI is InChI=1S/C19H18N2O3S2/c1-21-18(23)16-13-7-4-8-15(13)26-17(16)20-19(21)25-10-14(22)11-5-3-6-12(9-11)24-2/h3,5-6,9H,4,7-8,10H2,1-2H3. The first-order chi connectivity index (χ1) is 12.6. The molecule has 1 aliphatic rings. The summed E-state index contributed by atoms with van der Waals surface area (Å²) in [6.07, 6.45) is 3.12. The Bertz CT molecular complexity index is 1070. The molecule has 2 heterocycles. The van der Waals surface area contributed by atoms with E-state index in [1.54, 1.807) is 54.3 Å². The largest absolute Gasteiger partial charge is 0.497 e. The van der Waals surface area contributed by atoms with Gasteiger partial charge in [-0.2, -0.15) is 0 Å². The molecule has 0 aliphatic heterocycles. The molecule has 2 aromatic heterocycles. The number of Topliss-reactive ketones (excluding diaryl/α,β-unsaturated/α-hetero) is 1. The number of benzene rings is 1. The van der Waals surface area contributed by atoms with Gasteiger partial charge in [-0.1, -0.05) is 23.9 Å². The molecule has 1 aliphatic carbocycles. The summed E-state index contributed by atoms with van der Waals surface area (Å²) in [7, 11) is 3.30. The van der Waals surface area contributed by atoms with Gasteiger partial charge in [0.25, 0.3) is 5.56 Å². The fourth-order valence-corrected chi connectivity index (χ4v) is 5.41. The van der Waals surface area contributed by atoms with Crippen molar-refractivity contribution in [2.24, 2.45) is 7.05 Å². The molecule has 0 saturated heterocycles. The molecule has 0 spiro atoms. The first-order valence-corrected chi connectivity index (χ1v) is 10.2. The van der Waals surface area contributed by atoms with Gasteiger partial charge in [0.05, 0.1) is 18.2 Å². The third kappa shape index (κ3) is 2.95. The second-order valence-corrected chi connectivity index (χ2v) is 8.27. The summed E-state index contributed by atoms with van der Waals surface area (Å²) >= 11 is 2.92. The highest BCUT2D eigenvalue weighted by atomic mass is 32.2. The average molecular weight is 386 g/mol. The van der Waals surface area contributed by atoms with E-state index < -0.39 is 0 Å². The molecule has 0 N–H and O–H groups in total. The van der Waals surface area contributed by atoms with E-state index in [4.69, 9.17) is 4.74 Å². The lowest BCUT2D eigenvalue weighted by Gasteiger charge is -2.08. The predicted molar refractivity (Wildman–Crippen MR) is 105 cm³/mol. The highest BCUT2D eigenvalue weighted by Crippen LogP contribution is 2.35. The Balaban J connectivity index is 1.60. The molecule has 0 bridgehead atoms. The number of aromatic nitrogens is 2. The number of thiophene rings is 1. The molecule has 0 atom stereocenters. The second kappa shape index (κ2) is 6.89. The lowest BCUT2D eigenvalue weighted by Crippen LogP contribution is -2.20. The Morgan fingerprint density at radius 1 is 1.38 bits per heavy atom. The minimum atomic E-state index is -0.0167. The highest BCUT2D eigenvalue weighted by molar-refractivity contribution is 7.99. The van der Waals surface area contributed by atoms with Gasteiger partial charge in [-0.15, -0.1) is 11.3 Å². The number of nitrogens with zero attached hydrogens (tertiary/aromatic N) is 2. The number of fused-ring (bicyclic) bond motifs is 3. The number of hydrogen-bond acceptors (Lipinski definition) is 6. The van der Waals surface area contributed by atoms with E-state index >= 15 is 0 Å². The van der Waals surface area contributed by atoms with Crippen molar-refractivity contribution in [2.45, 2.75) is 24.4 Å². The monoisotopic (exact) mass is 386 g/mol. The number of carbonyl (C=O) groups is 1. The SMILES string of the molecule is COc1cccc(C(=O)CSc2nc3sc4c(c3c(=O)n2C)CCC4)c1. The van der Waals surface area contributed by atoms with Crippen LogP contribution in [-0.2, 0) is 19.9 Å². The number of rotatable bonds is 5. The molecule has 0 fully saturated rings. The molecular formula is C19H18N2O3S2. The first-order valence-electron chi connectivity index (χ1n) is 8.40. The number of aryl methyl sites for hydroxylation is 2. The Hall–Kier alpha value is -2.12. The van der Waals surface area contributed by atoms with Gasteiger partial charge in [-0.25, -0.2) is 4.98 Å². The minimum Gasteiger partial charge on any atom is -0.497 e. The molecule has 7 heteroatoms. The normalized spacial score (nSPS) is 13.2. The maximum Gasteiger partial charge on any atom is 0.262 e. The van der Waals surface area contributed by atoms with Crippen LogP contribution >= 0.6 is 23.1 Å². The topological polar surface area (TPSA) is 61.2 Å². The number of thioether (sulfide) groups is 1. The van der Waals surface area contributed by atoms with E-state index in [0.717, 1.165) is 29.5 Å². The maximum absolute atomic E-state index is 12.8. The van der Waals surface area contributed by atoms with Gasteiger partial charge in [-0.3, -0.25) is 14.2 Å². The van der Waals surface area contributed by atoms with Crippen LogP contribution in [-0.4, -0.2) is 28.2 Å². The van der Waals surface area contributed by atoms with Crippen molar-refractivity contribution in [3.05, 3.63) is 50.6 Å². The summed E-state index contributed by atoms with van der Waals surface area (Å²) in [6.45, 7) is 0. The Labute approximate surface area is 159 Å². The number of ketones is 1. The molecule has 5 nitrogen and oxygen atoms in total. The molecule has 0 saturated carbocycles. The molecule has 1 aromatic carbocycles. The predicted octanol–water partition coefficient (Wildman–Crippen LogP) is 3.47. The molecule has 0 unspecified atom stereocenters. The van der Waals surface area contributed by atoms with Gasteiger partial charge in [0.2, 0.25) is 0 Å². The van der Waals surface area contributed by atoms with E-state index in [1.165, 1.54) is 22.2 Å². The fourth-order valence-electron chi connectivity index (χ4n) is 3.24. The van der Waals surface area contributed by atoms with Crippen LogP contribution in [0.4, 0.5) is 0 Å². The van der Waals surface area contributed by atoms with Crippen LogP contribution in [0.2, 0.25) is 0 Å². The van der Waals surface area contributed by atoms with Gasteiger partial charge < -0.3 is 4.74 Å². The van der Waals surface area contributed by atoms with Gasteiger partial charge in [0, 0.05) is 17.5 Å².